The zero-order valence-electron chi connectivity index (χ0n) is 28.0. The SMILES string of the molecule is CC(C)(C)OC(=O)N1CCNCC1.Cc1c(Br)cccc1C=O.Cc1c(Br)cccc1CN1CCN(C(=O)OC(C)(C)C)CC1. The maximum atomic E-state index is 12.1. The average Bonchev–Trinajstić information content (AvgIpc) is 2.97. The highest BCUT2D eigenvalue weighted by Crippen LogP contribution is 2.22. The summed E-state index contributed by atoms with van der Waals surface area (Å²) in [7, 11) is 0. The highest BCUT2D eigenvalue weighted by atomic mass is 79.9. The smallest absolute Gasteiger partial charge is 0.410 e. The van der Waals surface area contributed by atoms with E-state index in [-0.39, 0.29) is 17.8 Å². The average molecular weight is 755 g/mol. The molecule has 9 nitrogen and oxygen atoms in total. The van der Waals surface area contributed by atoms with Gasteiger partial charge in [-0.3, -0.25) is 9.69 Å². The number of benzene rings is 2. The maximum absolute atomic E-state index is 12.1. The number of nitrogens with one attached hydrogen (secondary N) is 1. The molecule has 2 saturated heterocycles. The Labute approximate surface area is 286 Å². The molecular weight excluding hydrogens is 704 g/mol. The van der Waals surface area contributed by atoms with E-state index in [2.05, 4.69) is 67.2 Å². The van der Waals surface area contributed by atoms with Gasteiger partial charge in [-0.15, -0.1) is 0 Å². The molecule has 11 heteroatoms. The molecule has 45 heavy (non-hydrogen) atoms. The maximum Gasteiger partial charge on any atom is 0.410 e. The van der Waals surface area contributed by atoms with Crippen LogP contribution < -0.4 is 5.32 Å². The molecule has 2 aliphatic rings. The first-order valence-corrected chi connectivity index (χ1v) is 16.9. The first-order chi connectivity index (χ1) is 21.0. The van der Waals surface area contributed by atoms with Crippen molar-refractivity contribution in [1.82, 2.24) is 20.0 Å². The predicted octanol–water partition coefficient (Wildman–Crippen LogP) is 7.21. The summed E-state index contributed by atoms with van der Waals surface area (Å²) in [6.45, 7) is 22.7. The topological polar surface area (TPSA) is 91.4 Å². The third-order valence-electron chi connectivity index (χ3n) is 7.00. The van der Waals surface area contributed by atoms with Gasteiger partial charge in [0.1, 0.15) is 17.5 Å². The Hall–Kier alpha value is -2.47. The number of piperazine rings is 2. The number of ether oxygens (including phenoxy) is 2. The van der Waals surface area contributed by atoms with E-state index in [0.717, 1.165) is 85.3 Å². The fourth-order valence-electron chi connectivity index (χ4n) is 4.41. The molecule has 2 amide bonds. The molecule has 0 saturated carbocycles. The number of aldehydes is 1. The lowest BCUT2D eigenvalue weighted by Gasteiger charge is -2.35. The Morgan fingerprint density at radius 2 is 1.22 bits per heavy atom. The van der Waals surface area contributed by atoms with Crippen LogP contribution in [-0.4, -0.2) is 96.7 Å². The minimum absolute atomic E-state index is 0.200. The van der Waals surface area contributed by atoms with E-state index in [4.69, 9.17) is 9.47 Å². The number of halogens is 2. The van der Waals surface area contributed by atoms with E-state index in [1.165, 1.54) is 11.1 Å². The van der Waals surface area contributed by atoms with E-state index in [1.54, 1.807) is 15.9 Å². The van der Waals surface area contributed by atoms with E-state index in [0.29, 0.717) is 0 Å². The number of carbonyl (C=O) groups is 3. The molecule has 2 aromatic carbocycles. The lowest BCUT2D eigenvalue weighted by atomic mass is 10.1. The van der Waals surface area contributed by atoms with Crippen LogP contribution in [0.4, 0.5) is 9.59 Å². The molecular formula is C34H50Br2N4O5. The summed E-state index contributed by atoms with van der Waals surface area (Å²) in [5, 5.41) is 3.18. The minimum atomic E-state index is -0.429. The van der Waals surface area contributed by atoms with Crippen LogP contribution in [-0.2, 0) is 16.0 Å². The van der Waals surface area contributed by atoms with Gasteiger partial charge < -0.3 is 24.6 Å². The van der Waals surface area contributed by atoms with Crippen molar-refractivity contribution in [2.45, 2.75) is 73.1 Å². The lowest BCUT2D eigenvalue weighted by Crippen LogP contribution is -2.49. The van der Waals surface area contributed by atoms with Gasteiger partial charge in [0.2, 0.25) is 0 Å². The Morgan fingerprint density at radius 3 is 1.69 bits per heavy atom. The normalized spacial score (nSPS) is 15.6. The number of carbonyl (C=O) groups excluding carboxylic acids is 3. The minimum Gasteiger partial charge on any atom is -0.444 e. The van der Waals surface area contributed by atoms with Gasteiger partial charge in [0.25, 0.3) is 0 Å². The van der Waals surface area contributed by atoms with Crippen LogP contribution in [0, 0.1) is 13.8 Å². The van der Waals surface area contributed by atoms with Crippen molar-refractivity contribution in [3.63, 3.8) is 0 Å². The van der Waals surface area contributed by atoms with Gasteiger partial charge in [0.05, 0.1) is 0 Å². The molecule has 4 rings (SSSR count). The summed E-state index contributed by atoms with van der Waals surface area (Å²) < 4.78 is 12.8. The molecule has 0 bridgehead atoms. The van der Waals surface area contributed by atoms with Crippen LogP contribution >= 0.6 is 31.9 Å². The molecule has 2 aliphatic heterocycles. The Balaban J connectivity index is 0.000000259. The summed E-state index contributed by atoms with van der Waals surface area (Å²) >= 11 is 6.91. The second-order valence-electron chi connectivity index (χ2n) is 13.1. The van der Waals surface area contributed by atoms with Crippen LogP contribution in [0.3, 0.4) is 0 Å². The summed E-state index contributed by atoms with van der Waals surface area (Å²) in [5.41, 5.74) is 3.55. The molecule has 0 atom stereocenters. The van der Waals surface area contributed by atoms with Crippen LogP contribution in [0.15, 0.2) is 45.3 Å². The van der Waals surface area contributed by atoms with Gasteiger partial charge >= 0.3 is 12.2 Å². The third-order valence-corrected chi connectivity index (χ3v) is 8.72. The van der Waals surface area contributed by atoms with E-state index < -0.39 is 5.60 Å². The number of hydrogen-bond acceptors (Lipinski definition) is 7. The fourth-order valence-corrected chi connectivity index (χ4v) is 5.19. The highest BCUT2D eigenvalue weighted by molar-refractivity contribution is 9.10. The molecule has 0 aliphatic carbocycles. The molecule has 0 radical (unpaired) electrons. The fraction of sp³-hybridized carbons (Fsp3) is 0.559. The number of amides is 2. The molecule has 0 spiro atoms. The largest absolute Gasteiger partial charge is 0.444 e. The van der Waals surface area contributed by atoms with E-state index in [1.807, 2.05) is 60.6 Å². The second kappa shape index (κ2) is 18.0. The standard InChI is InChI=1S/C17H25BrN2O2.C9H18N2O2.C8H7BrO/c1-13-14(6-5-7-15(13)18)12-19-8-10-20(11-9-19)16(21)22-17(2,3)4;1-9(2,3)13-8(12)11-6-4-10-5-7-11;1-6-7(5-10)3-2-4-8(6)9/h5-7H,8-12H2,1-4H3;10H,4-7H2,1-3H3;2-5H,1H3. The zero-order valence-corrected chi connectivity index (χ0v) is 31.2. The molecule has 1 N–H and O–H groups in total. The van der Waals surface area contributed by atoms with Gasteiger partial charge in [-0.25, -0.2) is 9.59 Å². The van der Waals surface area contributed by atoms with Crippen molar-refractivity contribution in [3.8, 4) is 0 Å². The van der Waals surface area contributed by atoms with Gasteiger partial charge in [-0.1, -0.05) is 56.1 Å². The van der Waals surface area contributed by atoms with Crippen molar-refractivity contribution in [3.05, 3.63) is 67.6 Å². The van der Waals surface area contributed by atoms with Crippen molar-refractivity contribution in [1.29, 1.82) is 0 Å². The zero-order chi connectivity index (χ0) is 33.8. The molecule has 2 aromatic rings. The Morgan fingerprint density at radius 1 is 0.756 bits per heavy atom. The Bertz CT molecular complexity index is 1260. The molecule has 0 aromatic heterocycles. The first-order valence-electron chi connectivity index (χ1n) is 15.3. The summed E-state index contributed by atoms with van der Waals surface area (Å²) in [6, 6.07) is 11.9. The highest BCUT2D eigenvalue weighted by Gasteiger charge is 2.26. The Kier molecular flexibility index (Phi) is 15.5. The van der Waals surface area contributed by atoms with Crippen LogP contribution in [0.25, 0.3) is 0 Å². The molecule has 250 valence electrons. The quantitative estimate of drug-likeness (QED) is 0.332. The number of rotatable bonds is 3. The van der Waals surface area contributed by atoms with Crippen molar-refractivity contribution >= 4 is 50.3 Å². The third kappa shape index (κ3) is 14.2. The van der Waals surface area contributed by atoms with Crippen LogP contribution in [0.1, 0.15) is 68.6 Å². The predicted molar refractivity (Wildman–Crippen MR) is 187 cm³/mol. The van der Waals surface area contributed by atoms with Crippen LogP contribution in [0.2, 0.25) is 0 Å². The van der Waals surface area contributed by atoms with E-state index >= 15 is 0 Å². The molecule has 2 heterocycles. The summed E-state index contributed by atoms with van der Waals surface area (Å²) in [5.74, 6) is 0. The second-order valence-corrected chi connectivity index (χ2v) is 14.8. The lowest BCUT2D eigenvalue weighted by molar-refractivity contribution is 0.0137. The van der Waals surface area contributed by atoms with Gasteiger partial charge in [-0.2, -0.15) is 0 Å². The summed E-state index contributed by atoms with van der Waals surface area (Å²) in [4.78, 5) is 39.8. The monoisotopic (exact) mass is 752 g/mol. The van der Waals surface area contributed by atoms with Gasteiger partial charge in [-0.05, 0) is 84.2 Å². The number of hydrogen-bond donors (Lipinski definition) is 1. The molecule has 0 unspecified atom stereocenters. The van der Waals surface area contributed by atoms with Crippen molar-refractivity contribution in [2.24, 2.45) is 0 Å². The van der Waals surface area contributed by atoms with Crippen molar-refractivity contribution < 1.29 is 23.9 Å². The van der Waals surface area contributed by atoms with Crippen LogP contribution in [0.5, 0.6) is 0 Å². The molecule has 2 fully saturated rings. The van der Waals surface area contributed by atoms with E-state index in [9.17, 15) is 14.4 Å². The first kappa shape index (κ1) is 38.7. The van der Waals surface area contributed by atoms with Gasteiger partial charge in [0.15, 0.2) is 0 Å². The van der Waals surface area contributed by atoms with Crippen molar-refractivity contribution in [2.75, 3.05) is 52.4 Å². The van der Waals surface area contributed by atoms with Gasteiger partial charge in [0, 0.05) is 73.4 Å². The number of nitrogens with zero attached hydrogens (tertiary/aromatic N) is 3. The summed E-state index contributed by atoms with van der Waals surface area (Å²) in [6.07, 6.45) is 0.458.